The fraction of sp³-hybridized carbons (Fsp3) is 0.190. The summed E-state index contributed by atoms with van der Waals surface area (Å²) in [7, 11) is -3.63. The molecule has 0 saturated heterocycles. The summed E-state index contributed by atoms with van der Waals surface area (Å²) in [6.07, 6.45) is 0. The van der Waals surface area contributed by atoms with E-state index in [0.29, 0.717) is 18.7 Å². The van der Waals surface area contributed by atoms with Crippen LogP contribution in [-0.2, 0) is 23.1 Å². The lowest BCUT2D eigenvalue weighted by molar-refractivity contribution is 0.0950. The number of ether oxygens (including phenoxy) is 1. The van der Waals surface area contributed by atoms with Crippen molar-refractivity contribution >= 4 is 27.3 Å². The maximum Gasteiger partial charge on any atom is 0.251 e. The molecule has 3 rings (SSSR count). The molecule has 0 aliphatic carbocycles. The molecular weight excluding hydrogens is 408 g/mol. The van der Waals surface area contributed by atoms with Gasteiger partial charge in [-0.1, -0.05) is 18.2 Å². The summed E-state index contributed by atoms with van der Waals surface area (Å²) in [4.78, 5) is 13.4. The Morgan fingerprint density at radius 2 is 1.83 bits per heavy atom. The maximum atomic E-state index is 12.4. The number of hydrogen-bond donors (Lipinski definition) is 2. The van der Waals surface area contributed by atoms with Gasteiger partial charge in [0.05, 0.1) is 11.5 Å². The largest absolute Gasteiger partial charge is 0.494 e. The highest BCUT2D eigenvalue weighted by atomic mass is 32.2. The molecule has 152 valence electrons. The molecule has 3 aromatic rings. The quantitative estimate of drug-likeness (QED) is 0.544. The Morgan fingerprint density at radius 1 is 1.03 bits per heavy atom. The molecule has 8 heteroatoms. The summed E-state index contributed by atoms with van der Waals surface area (Å²) < 4.78 is 32.8. The van der Waals surface area contributed by atoms with Crippen LogP contribution in [0.4, 0.5) is 0 Å². The molecule has 0 spiro atoms. The van der Waals surface area contributed by atoms with E-state index in [2.05, 4.69) is 10.0 Å². The van der Waals surface area contributed by atoms with Crippen molar-refractivity contribution in [1.82, 2.24) is 10.0 Å². The van der Waals surface area contributed by atoms with Crippen LogP contribution >= 0.6 is 11.3 Å². The number of carbonyl (C=O) groups excluding carboxylic acids is 1. The van der Waals surface area contributed by atoms with Gasteiger partial charge in [-0.15, -0.1) is 11.3 Å². The minimum atomic E-state index is -3.63. The van der Waals surface area contributed by atoms with Gasteiger partial charge < -0.3 is 10.1 Å². The number of amides is 1. The molecule has 29 heavy (non-hydrogen) atoms. The third-order valence-electron chi connectivity index (χ3n) is 4.11. The van der Waals surface area contributed by atoms with Gasteiger partial charge in [0.1, 0.15) is 5.75 Å². The lowest BCUT2D eigenvalue weighted by Crippen LogP contribution is -2.24. The van der Waals surface area contributed by atoms with Crippen LogP contribution in [0.1, 0.15) is 27.7 Å². The monoisotopic (exact) mass is 430 g/mol. The molecule has 0 bridgehead atoms. The Labute approximate surface area is 174 Å². The second-order valence-corrected chi connectivity index (χ2v) is 8.99. The first-order valence-corrected chi connectivity index (χ1v) is 11.5. The van der Waals surface area contributed by atoms with Crippen molar-refractivity contribution in [3.8, 4) is 5.75 Å². The molecule has 0 aliphatic rings. The third-order valence-corrected chi connectivity index (χ3v) is 6.40. The van der Waals surface area contributed by atoms with Crippen LogP contribution in [-0.4, -0.2) is 20.9 Å². The predicted molar refractivity (Wildman–Crippen MR) is 114 cm³/mol. The molecule has 0 fully saturated rings. The van der Waals surface area contributed by atoms with Gasteiger partial charge in [0.25, 0.3) is 5.91 Å². The van der Waals surface area contributed by atoms with Crippen molar-refractivity contribution in [2.24, 2.45) is 0 Å². The van der Waals surface area contributed by atoms with Gasteiger partial charge in [-0.2, -0.15) is 0 Å². The van der Waals surface area contributed by atoms with E-state index in [9.17, 15) is 13.2 Å². The van der Waals surface area contributed by atoms with Crippen LogP contribution in [0.5, 0.6) is 5.75 Å². The number of benzene rings is 2. The van der Waals surface area contributed by atoms with Gasteiger partial charge in [0, 0.05) is 23.5 Å². The second kappa shape index (κ2) is 9.69. The van der Waals surface area contributed by atoms with Gasteiger partial charge in [-0.25, -0.2) is 13.1 Å². The van der Waals surface area contributed by atoms with E-state index in [1.54, 1.807) is 0 Å². The van der Waals surface area contributed by atoms with Crippen LogP contribution < -0.4 is 14.8 Å². The summed E-state index contributed by atoms with van der Waals surface area (Å²) in [6.45, 7) is 3.08. The van der Waals surface area contributed by atoms with E-state index in [1.165, 1.54) is 35.6 Å². The molecule has 0 aliphatic heterocycles. The van der Waals surface area contributed by atoms with Crippen molar-refractivity contribution in [3.63, 3.8) is 0 Å². The average molecular weight is 431 g/mol. The van der Waals surface area contributed by atoms with Gasteiger partial charge in [-0.05, 0) is 60.3 Å². The molecule has 2 aromatic carbocycles. The third kappa shape index (κ3) is 5.90. The number of nitrogens with one attached hydrogen (secondary N) is 2. The molecule has 1 aromatic heterocycles. The lowest BCUT2D eigenvalue weighted by Gasteiger charge is -2.09. The summed E-state index contributed by atoms with van der Waals surface area (Å²) in [5.41, 5.74) is 1.31. The Bertz CT molecular complexity index is 1050. The highest BCUT2D eigenvalue weighted by molar-refractivity contribution is 7.89. The lowest BCUT2D eigenvalue weighted by atomic mass is 10.2. The van der Waals surface area contributed by atoms with Gasteiger partial charge >= 0.3 is 0 Å². The number of thiophene rings is 1. The highest BCUT2D eigenvalue weighted by Crippen LogP contribution is 2.15. The molecular formula is C21H22N2O4S2. The second-order valence-electron chi connectivity index (χ2n) is 6.19. The van der Waals surface area contributed by atoms with Crippen LogP contribution in [0, 0.1) is 0 Å². The minimum Gasteiger partial charge on any atom is -0.494 e. The van der Waals surface area contributed by atoms with E-state index in [1.807, 2.05) is 48.7 Å². The van der Waals surface area contributed by atoms with E-state index in [0.717, 1.165) is 16.2 Å². The minimum absolute atomic E-state index is 0.120. The summed E-state index contributed by atoms with van der Waals surface area (Å²) in [5.74, 6) is 0.478. The van der Waals surface area contributed by atoms with Crippen LogP contribution in [0.2, 0.25) is 0 Å². The SMILES string of the molecule is CCOc1cccc(CNC(=O)c2ccc(S(=O)(=O)NCc3cccs3)cc2)c1. The normalized spacial score (nSPS) is 11.2. The Kier molecular flexibility index (Phi) is 7.03. The number of sulfonamides is 1. The maximum absolute atomic E-state index is 12.4. The Hall–Kier alpha value is -2.68. The number of hydrogen-bond acceptors (Lipinski definition) is 5. The van der Waals surface area contributed by atoms with Crippen LogP contribution in [0.3, 0.4) is 0 Å². The highest BCUT2D eigenvalue weighted by Gasteiger charge is 2.15. The van der Waals surface area contributed by atoms with Crippen molar-refractivity contribution in [2.45, 2.75) is 24.9 Å². The zero-order valence-electron chi connectivity index (χ0n) is 15.9. The topological polar surface area (TPSA) is 84.5 Å². The van der Waals surface area contributed by atoms with Crippen molar-refractivity contribution in [2.75, 3.05) is 6.61 Å². The molecule has 1 amide bonds. The molecule has 2 N–H and O–H groups in total. The van der Waals surface area contributed by atoms with Gasteiger partial charge in [0.2, 0.25) is 10.0 Å². The molecule has 6 nitrogen and oxygen atoms in total. The van der Waals surface area contributed by atoms with E-state index < -0.39 is 10.0 Å². The zero-order valence-corrected chi connectivity index (χ0v) is 17.6. The average Bonchev–Trinajstić information content (AvgIpc) is 3.25. The van der Waals surface area contributed by atoms with Gasteiger partial charge in [0.15, 0.2) is 0 Å². The molecule has 0 radical (unpaired) electrons. The molecule has 0 unspecified atom stereocenters. The van der Waals surface area contributed by atoms with Crippen molar-refractivity contribution in [3.05, 3.63) is 82.0 Å². The zero-order chi connectivity index (χ0) is 20.7. The standard InChI is InChI=1S/C21H22N2O4S2/c1-2-27-18-6-3-5-16(13-18)14-22-21(24)17-8-10-20(11-9-17)29(25,26)23-15-19-7-4-12-28-19/h3-13,23H,2,14-15H2,1H3,(H,22,24). The number of rotatable bonds is 9. The summed E-state index contributed by atoms with van der Waals surface area (Å²) in [5, 5.41) is 4.72. The fourth-order valence-corrected chi connectivity index (χ4v) is 4.39. The molecule has 0 saturated carbocycles. The van der Waals surface area contributed by atoms with Crippen molar-refractivity contribution in [1.29, 1.82) is 0 Å². The van der Waals surface area contributed by atoms with E-state index >= 15 is 0 Å². The van der Waals surface area contributed by atoms with Crippen LogP contribution in [0.15, 0.2) is 70.9 Å². The molecule has 1 heterocycles. The smallest absolute Gasteiger partial charge is 0.251 e. The fourth-order valence-electron chi connectivity index (χ4n) is 2.64. The van der Waals surface area contributed by atoms with E-state index in [4.69, 9.17) is 4.74 Å². The molecule has 0 atom stereocenters. The Balaban J connectivity index is 1.59. The first-order chi connectivity index (χ1) is 14.0. The predicted octanol–water partition coefficient (Wildman–Crippen LogP) is 3.56. The van der Waals surface area contributed by atoms with E-state index in [-0.39, 0.29) is 17.3 Å². The Morgan fingerprint density at radius 3 is 2.52 bits per heavy atom. The van der Waals surface area contributed by atoms with Crippen molar-refractivity contribution < 1.29 is 17.9 Å². The van der Waals surface area contributed by atoms with Crippen LogP contribution in [0.25, 0.3) is 0 Å². The first-order valence-electron chi connectivity index (χ1n) is 9.10. The summed E-state index contributed by atoms with van der Waals surface area (Å²) >= 11 is 1.48. The first kappa shape index (κ1) is 21.0. The summed E-state index contributed by atoms with van der Waals surface area (Å²) in [6, 6.07) is 17.1. The van der Waals surface area contributed by atoms with Gasteiger partial charge in [-0.3, -0.25) is 4.79 Å². The number of carbonyl (C=O) groups is 1.